The molecule has 18 heavy (non-hydrogen) atoms. The number of allylic oxidation sites excluding steroid dienone is 1. The van der Waals surface area contributed by atoms with Gasteiger partial charge in [0.15, 0.2) is 0 Å². The smallest absolute Gasteiger partial charge is 0.330 e. The van der Waals surface area contributed by atoms with Crippen molar-refractivity contribution in [3.8, 4) is 0 Å². The minimum absolute atomic E-state index is 0.621. The topological polar surface area (TPSA) is 29.5 Å². The van der Waals surface area contributed by atoms with E-state index in [2.05, 4.69) is 24.3 Å². The van der Waals surface area contributed by atoms with Crippen LogP contribution in [0.15, 0.2) is 24.3 Å². The molecule has 3 heteroatoms. The van der Waals surface area contributed by atoms with Crippen molar-refractivity contribution in [3.63, 3.8) is 0 Å². The Labute approximate surface area is 110 Å². The SMILES string of the molecule is CC(C)(O)C(C)(C)O[B]c1ccc2c(c1)CC=C2. The molecule has 0 saturated carbocycles. The maximum Gasteiger partial charge on any atom is 0.330 e. The van der Waals surface area contributed by atoms with Crippen LogP contribution in [-0.4, -0.2) is 23.8 Å². The molecule has 0 fully saturated rings. The maximum atomic E-state index is 10.0. The molecule has 0 heterocycles. The van der Waals surface area contributed by atoms with E-state index >= 15 is 0 Å². The summed E-state index contributed by atoms with van der Waals surface area (Å²) >= 11 is 0. The predicted octanol–water partition coefficient (Wildman–Crippen LogP) is 2.07. The lowest BCUT2D eigenvalue weighted by atomic mass is 9.81. The van der Waals surface area contributed by atoms with E-state index in [1.807, 2.05) is 19.9 Å². The molecule has 0 amide bonds. The normalized spacial score (nSPS) is 14.7. The van der Waals surface area contributed by atoms with E-state index in [1.165, 1.54) is 11.1 Å². The summed E-state index contributed by atoms with van der Waals surface area (Å²) in [6.45, 7) is 7.29. The Morgan fingerprint density at radius 2 is 1.94 bits per heavy atom. The molecular formula is C15H20BO2. The lowest BCUT2D eigenvalue weighted by Crippen LogP contribution is -2.49. The van der Waals surface area contributed by atoms with Crippen molar-refractivity contribution in [2.45, 2.75) is 45.3 Å². The highest BCUT2D eigenvalue weighted by atomic mass is 16.5. The van der Waals surface area contributed by atoms with Gasteiger partial charge in [-0.15, -0.1) is 0 Å². The average Bonchev–Trinajstić information content (AvgIpc) is 2.71. The summed E-state index contributed by atoms with van der Waals surface area (Å²) in [6, 6.07) is 6.27. The number of benzene rings is 1. The second kappa shape index (κ2) is 4.56. The van der Waals surface area contributed by atoms with Crippen LogP contribution in [0.25, 0.3) is 6.08 Å². The number of rotatable bonds is 4. The first-order chi connectivity index (χ1) is 8.29. The van der Waals surface area contributed by atoms with E-state index in [0.717, 1.165) is 11.9 Å². The Hall–Kier alpha value is -1.06. The third-order valence-corrected chi connectivity index (χ3v) is 3.77. The number of aliphatic hydroxyl groups is 1. The first kappa shape index (κ1) is 13.4. The van der Waals surface area contributed by atoms with Crippen LogP contribution in [0.5, 0.6) is 0 Å². The van der Waals surface area contributed by atoms with Crippen LogP contribution in [0.2, 0.25) is 0 Å². The second-order valence-electron chi connectivity index (χ2n) is 5.87. The van der Waals surface area contributed by atoms with Crippen LogP contribution in [-0.2, 0) is 11.1 Å². The molecule has 1 N–H and O–H groups in total. The second-order valence-corrected chi connectivity index (χ2v) is 5.87. The minimum atomic E-state index is -0.887. The first-order valence-corrected chi connectivity index (χ1v) is 6.32. The van der Waals surface area contributed by atoms with Crippen molar-refractivity contribution in [2.24, 2.45) is 0 Å². The fourth-order valence-corrected chi connectivity index (χ4v) is 1.71. The van der Waals surface area contributed by atoms with Crippen molar-refractivity contribution in [3.05, 3.63) is 35.4 Å². The van der Waals surface area contributed by atoms with Gasteiger partial charge in [0.2, 0.25) is 0 Å². The molecule has 0 saturated heterocycles. The molecule has 0 bridgehead atoms. The Balaban J connectivity index is 2.04. The minimum Gasteiger partial charge on any atom is -0.427 e. The molecular weight excluding hydrogens is 223 g/mol. The molecule has 1 radical (unpaired) electrons. The molecule has 1 aromatic carbocycles. The van der Waals surface area contributed by atoms with E-state index in [1.54, 1.807) is 21.3 Å². The lowest BCUT2D eigenvalue weighted by Gasteiger charge is -2.37. The number of hydrogen-bond donors (Lipinski definition) is 1. The third kappa shape index (κ3) is 2.68. The van der Waals surface area contributed by atoms with Crippen molar-refractivity contribution < 1.29 is 9.76 Å². The van der Waals surface area contributed by atoms with Gasteiger partial charge in [-0.05, 0) is 45.2 Å². The molecule has 0 aliphatic heterocycles. The van der Waals surface area contributed by atoms with E-state index in [4.69, 9.17) is 4.65 Å². The largest absolute Gasteiger partial charge is 0.427 e. The highest BCUT2D eigenvalue weighted by Crippen LogP contribution is 2.24. The zero-order valence-corrected chi connectivity index (χ0v) is 11.5. The summed E-state index contributed by atoms with van der Waals surface area (Å²) in [6.07, 6.45) is 5.29. The van der Waals surface area contributed by atoms with Crippen molar-refractivity contribution >= 4 is 19.0 Å². The Morgan fingerprint density at radius 3 is 2.61 bits per heavy atom. The van der Waals surface area contributed by atoms with Gasteiger partial charge in [-0.3, -0.25) is 0 Å². The first-order valence-electron chi connectivity index (χ1n) is 6.32. The quantitative estimate of drug-likeness (QED) is 0.820. The van der Waals surface area contributed by atoms with E-state index in [-0.39, 0.29) is 0 Å². The van der Waals surface area contributed by atoms with Gasteiger partial charge in [0.1, 0.15) is 0 Å². The molecule has 95 valence electrons. The summed E-state index contributed by atoms with van der Waals surface area (Å²) in [5, 5.41) is 10.0. The van der Waals surface area contributed by atoms with E-state index < -0.39 is 11.2 Å². The highest BCUT2D eigenvalue weighted by Gasteiger charge is 2.35. The van der Waals surface area contributed by atoms with Gasteiger partial charge in [-0.1, -0.05) is 35.8 Å². The van der Waals surface area contributed by atoms with Crippen LogP contribution < -0.4 is 5.46 Å². The molecule has 0 unspecified atom stereocenters. The van der Waals surface area contributed by atoms with Crippen LogP contribution >= 0.6 is 0 Å². The molecule has 2 nitrogen and oxygen atoms in total. The standard InChI is InChI=1S/C15H20BO2/c1-14(2,17)15(3,4)18-16-13-9-8-11-6-5-7-12(11)10-13/h5-6,8-10,17H,7H2,1-4H3. The fraction of sp³-hybridized carbons (Fsp3) is 0.467. The van der Waals surface area contributed by atoms with Crippen LogP contribution in [0.4, 0.5) is 0 Å². The summed E-state index contributed by atoms with van der Waals surface area (Å²) in [4.78, 5) is 0. The van der Waals surface area contributed by atoms with Crippen LogP contribution in [0.1, 0.15) is 38.8 Å². The fourth-order valence-electron chi connectivity index (χ4n) is 1.71. The maximum absolute atomic E-state index is 10.0. The number of hydrogen-bond acceptors (Lipinski definition) is 2. The Morgan fingerprint density at radius 1 is 1.22 bits per heavy atom. The molecule has 1 aliphatic rings. The predicted molar refractivity (Wildman–Crippen MR) is 76.0 cm³/mol. The third-order valence-electron chi connectivity index (χ3n) is 3.77. The van der Waals surface area contributed by atoms with Gasteiger partial charge in [-0.25, -0.2) is 0 Å². The van der Waals surface area contributed by atoms with Crippen molar-refractivity contribution in [1.29, 1.82) is 0 Å². The number of fused-ring (bicyclic) bond motifs is 1. The zero-order chi connectivity index (χ0) is 13.4. The average molecular weight is 243 g/mol. The molecule has 1 aliphatic carbocycles. The van der Waals surface area contributed by atoms with Gasteiger partial charge in [0.05, 0.1) is 11.2 Å². The highest BCUT2D eigenvalue weighted by molar-refractivity contribution is 6.47. The summed E-state index contributed by atoms with van der Waals surface area (Å²) in [5.41, 5.74) is 2.14. The van der Waals surface area contributed by atoms with Gasteiger partial charge in [0.25, 0.3) is 0 Å². The van der Waals surface area contributed by atoms with Gasteiger partial charge in [-0.2, -0.15) is 0 Å². The van der Waals surface area contributed by atoms with Crippen molar-refractivity contribution in [2.75, 3.05) is 0 Å². The van der Waals surface area contributed by atoms with Crippen LogP contribution in [0, 0.1) is 0 Å². The molecule has 0 spiro atoms. The van der Waals surface area contributed by atoms with Gasteiger partial charge in [0, 0.05) is 0 Å². The molecule has 0 atom stereocenters. The van der Waals surface area contributed by atoms with Crippen molar-refractivity contribution in [1.82, 2.24) is 0 Å². The molecule has 2 rings (SSSR count). The summed E-state index contributed by atoms with van der Waals surface area (Å²) < 4.78 is 5.74. The van der Waals surface area contributed by atoms with Gasteiger partial charge < -0.3 is 9.76 Å². The van der Waals surface area contributed by atoms with Gasteiger partial charge >= 0.3 is 7.48 Å². The molecule has 0 aromatic heterocycles. The zero-order valence-electron chi connectivity index (χ0n) is 11.5. The summed E-state index contributed by atoms with van der Waals surface area (Å²) in [5.74, 6) is 0. The van der Waals surface area contributed by atoms with Crippen LogP contribution in [0.3, 0.4) is 0 Å². The van der Waals surface area contributed by atoms with E-state index in [9.17, 15) is 5.11 Å². The Kier molecular flexibility index (Phi) is 3.39. The monoisotopic (exact) mass is 243 g/mol. The summed E-state index contributed by atoms with van der Waals surface area (Å²) in [7, 11) is 1.73. The Bertz CT molecular complexity index is 470. The molecule has 1 aromatic rings. The lowest BCUT2D eigenvalue weighted by molar-refractivity contribution is -0.0893. The van der Waals surface area contributed by atoms with E-state index in [0.29, 0.717) is 0 Å².